The second kappa shape index (κ2) is 12.4. The van der Waals surface area contributed by atoms with Crippen molar-refractivity contribution in [2.75, 3.05) is 4.81 Å². The Morgan fingerprint density at radius 2 is 1.25 bits per heavy atom. The van der Waals surface area contributed by atoms with E-state index in [1.807, 2.05) is 11.3 Å². The second-order valence-corrected chi connectivity index (χ2v) is 21.2. The molecule has 306 valence electrons. The maximum atomic E-state index is 7.26. The van der Waals surface area contributed by atoms with Crippen molar-refractivity contribution in [3.63, 3.8) is 0 Å². The van der Waals surface area contributed by atoms with Crippen LogP contribution in [0.1, 0.15) is 52.7 Å². The highest BCUT2D eigenvalue weighted by Crippen LogP contribution is 2.53. The normalized spacial score (nSPS) is 13.7. The molecule has 0 radical (unpaired) electrons. The number of anilines is 2. The summed E-state index contributed by atoms with van der Waals surface area (Å²) in [5.41, 5.74) is 18.2. The van der Waals surface area contributed by atoms with Gasteiger partial charge in [0.2, 0.25) is 0 Å². The van der Waals surface area contributed by atoms with Gasteiger partial charge in [-0.3, -0.25) is 0 Å². The highest BCUT2D eigenvalue weighted by atomic mass is 32.1. The quantitative estimate of drug-likeness (QED) is 0.163. The highest BCUT2D eigenvalue weighted by molar-refractivity contribution is 7.22. The molecule has 0 amide bonds. The van der Waals surface area contributed by atoms with Gasteiger partial charge < -0.3 is 18.2 Å². The largest absolute Gasteiger partial charge is 0.456 e. The Hall–Kier alpha value is -7.02. The highest BCUT2D eigenvalue weighted by Gasteiger charge is 2.46. The number of thiophene rings is 1. The van der Waals surface area contributed by atoms with Gasteiger partial charge in [0.05, 0.1) is 11.0 Å². The van der Waals surface area contributed by atoms with Gasteiger partial charge in [0.15, 0.2) is 0 Å². The van der Waals surface area contributed by atoms with Crippen molar-refractivity contribution in [3.05, 3.63) is 163 Å². The maximum absolute atomic E-state index is 7.26. The fourth-order valence-electron chi connectivity index (χ4n) is 11.1. The van der Waals surface area contributed by atoms with E-state index in [1.54, 1.807) is 0 Å². The van der Waals surface area contributed by atoms with Crippen LogP contribution in [-0.2, 0) is 10.8 Å². The van der Waals surface area contributed by atoms with Gasteiger partial charge in [0.25, 0.3) is 0 Å². The summed E-state index contributed by atoms with van der Waals surface area (Å²) in [6.45, 7) is 13.6. The van der Waals surface area contributed by atoms with Gasteiger partial charge in [-0.25, -0.2) is 0 Å². The Morgan fingerprint density at radius 1 is 0.547 bits per heavy atom. The van der Waals surface area contributed by atoms with Gasteiger partial charge in [0.1, 0.15) is 22.3 Å². The van der Waals surface area contributed by atoms with E-state index in [0.29, 0.717) is 0 Å². The number of hydrogen-bond acceptors (Lipinski definition) is 4. The molecule has 2 aliphatic rings. The Bertz CT molecular complexity index is 3980. The topological polar surface area (TPSA) is 34.5 Å². The molecule has 4 nitrogen and oxygen atoms in total. The van der Waals surface area contributed by atoms with Crippen LogP contribution >= 0.6 is 11.3 Å². The number of furan rings is 2. The van der Waals surface area contributed by atoms with Crippen LogP contribution in [0.25, 0.3) is 103 Å². The lowest BCUT2D eigenvalue weighted by atomic mass is 9.43. The monoisotopic (exact) mass is 842 g/mol. The van der Waals surface area contributed by atoms with Crippen LogP contribution < -0.4 is 15.7 Å². The Kier molecular flexibility index (Phi) is 7.05. The predicted molar refractivity (Wildman–Crippen MR) is 273 cm³/mol. The van der Waals surface area contributed by atoms with Crippen LogP contribution in [0, 0.1) is 0 Å². The van der Waals surface area contributed by atoms with Gasteiger partial charge in [-0.1, -0.05) is 133 Å². The first kappa shape index (κ1) is 36.5. The zero-order valence-electron chi connectivity index (χ0n) is 36.6. The lowest BCUT2D eigenvalue weighted by Gasteiger charge is -2.42. The van der Waals surface area contributed by atoms with Crippen molar-refractivity contribution in [3.8, 4) is 27.3 Å². The average molecular weight is 843 g/mol. The van der Waals surface area contributed by atoms with Gasteiger partial charge >= 0.3 is 6.85 Å². The number of fused-ring (bicyclic) bond motifs is 17. The molecule has 0 N–H and O–H groups in total. The molecule has 4 aromatic heterocycles. The molecule has 64 heavy (non-hydrogen) atoms. The van der Waals surface area contributed by atoms with E-state index in [9.17, 15) is 0 Å². The predicted octanol–water partition coefficient (Wildman–Crippen LogP) is 15.3. The van der Waals surface area contributed by atoms with Crippen LogP contribution in [-0.4, -0.2) is 11.4 Å². The number of rotatable bonds is 2. The van der Waals surface area contributed by atoms with E-state index < -0.39 is 0 Å². The smallest absolute Gasteiger partial charge is 0.333 e. The number of nitrogens with zero attached hydrogens (tertiary/aromatic N) is 2. The minimum atomic E-state index is -0.183. The van der Waals surface area contributed by atoms with E-state index in [1.165, 1.54) is 75.5 Å². The molecule has 0 fully saturated rings. The fraction of sp³-hybridized carbons (Fsp3) is 0.138. The summed E-state index contributed by atoms with van der Waals surface area (Å²) in [5.74, 6) is 0. The molecule has 14 rings (SSSR count). The molecule has 0 atom stereocenters. The molecule has 0 aliphatic carbocycles. The Balaban J connectivity index is 1.21. The van der Waals surface area contributed by atoms with Gasteiger partial charge in [-0.15, -0.1) is 11.3 Å². The van der Waals surface area contributed by atoms with Crippen LogP contribution in [0.5, 0.6) is 0 Å². The maximum Gasteiger partial charge on any atom is 0.333 e. The average Bonchev–Trinajstić information content (AvgIpc) is 4.07. The molecule has 0 saturated carbocycles. The van der Waals surface area contributed by atoms with Crippen LogP contribution in [0.2, 0.25) is 0 Å². The fourth-order valence-corrected chi connectivity index (χ4v) is 12.2. The Morgan fingerprint density at radius 3 is 2.02 bits per heavy atom. The SMILES string of the molecule is CC(C)(C)c1ccc(N2B3c4cc5cc(-c6ccccc6)sc5cc4-n4c5ccc(C(C)(C)C)cc5c5c6c(oc7ccccc76)c(c3c54)-c3cc4oc5ccccc5c4cc32)cc1. The van der Waals surface area contributed by atoms with Gasteiger partial charge in [-0.05, 0) is 104 Å². The lowest BCUT2D eigenvalue weighted by Crippen LogP contribution is -2.60. The third kappa shape index (κ3) is 4.84. The first-order chi connectivity index (χ1) is 31.0. The summed E-state index contributed by atoms with van der Waals surface area (Å²) in [6.07, 6.45) is 0. The van der Waals surface area contributed by atoms with Crippen molar-refractivity contribution in [2.45, 2.75) is 52.4 Å². The molecule has 12 aromatic rings. The Labute approximate surface area is 375 Å². The van der Waals surface area contributed by atoms with E-state index in [0.717, 1.165) is 61.0 Å². The van der Waals surface area contributed by atoms with E-state index in [-0.39, 0.29) is 17.7 Å². The van der Waals surface area contributed by atoms with E-state index in [4.69, 9.17) is 8.83 Å². The van der Waals surface area contributed by atoms with Crippen molar-refractivity contribution in [1.29, 1.82) is 0 Å². The molecule has 2 aliphatic heterocycles. The number of aromatic nitrogens is 1. The number of benzene rings is 8. The molecular formula is C58H43BN2O2S. The first-order valence-corrected chi connectivity index (χ1v) is 23.3. The minimum absolute atomic E-state index is 0.0111. The first-order valence-electron chi connectivity index (χ1n) is 22.4. The molecule has 0 spiro atoms. The van der Waals surface area contributed by atoms with Crippen molar-refractivity contribution < 1.29 is 8.83 Å². The van der Waals surface area contributed by atoms with E-state index >= 15 is 0 Å². The standard InChI is InChI=1S/C58H43BN2O2S/c1-57(2,3)34-20-23-36(24-21-34)61-44-29-39-37-16-10-12-18-46(37)62-48(39)30-41(44)53-54-55-51(52-38-17-11-13-19-47(38)63-56(52)53)40-28-35(58(4,5)6)22-25-43(40)60(55)45-31-50-33(26-42(45)59(54)61)27-49(64-50)32-14-8-7-9-15-32/h7-31H,1-6H3. The van der Waals surface area contributed by atoms with Crippen molar-refractivity contribution >= 4 is 116 Å². The van der Waals surface area contributed by atoms with Crippen molar-refractivity contribution in [1.82, 2.24) is 4.57 Å². The van der Waals surface area contributed by atoms with Crippen LogP contribution in [0.15, 0.2) is 160 Å². The molecule has 8 aromatic carbocycles. The molecule has 0 unspecified atom stereocenters. The van der Waals surface area contributed by atoms with Crippen LogP contribution in [0.3, 0.4) is 0 Å². The molecule has 6 heterocycles. The van der Waals surface area contributed by atoms with E-state index in [2.05, 4.69) is 203 Å². The second-order valence-electron chi connectivity index (χ2n) is 20.1. The van der Waals surface area contributed by atoms with Gasteiger partial charge in [-0.2, -0.15) is 0 Å². The summed E-state index contributed by atoms with van der Waals surface area (Å²) in [7, 11) is 0. The summed E-state index contributed by atoms with van der Waals surface area (Å²) >= 11 is 1.88. The zero-order valence-corrected chi connectivity index (χ0v) is 37.4. The zero-order chi connectivity index (χ0) is 43.0. The summed E-state index contributed by atoms with van der Waals surface area (Å²) < 4.78 is 17.9. The summed E-state index contributed by atoms with van der Waals surface area (Å²) in [5, 5.41) is 8.29. The molecular weight excluding hydrogens is 800 g/mol. The lowest BCUT2D eigenvalue weighted by molar-refractivity contribution is 0.590. The third-order valence-corrected chi connectivity index (χ3v) is 15.4. The number of hydrogen-bond donors (Lipinski definition) is 0. The van der Waals surface area contributed by atoms with Crippen LogP contribution in [0.4, 0.5) is 11.4 Å². The summed E-state index contributed by atoms with van der Waals surface area (Å²) in [6, 6.07) is 56.5. The third-order valence-electron chi connectivity index (χ3n) is 14.3. The minimum Gasteiger partial charge on any atom is -0.456 e. The molecule has 0 bridgehead atoms. The summed E-state index contributed by atoms with van der Waals surface area (Å²) in [4.78, 5) is 3.91. The van der Waals surface area contributed by atoms with Crippen molar-refractivity contribution in [2.24, 2.45) is 0 Å². The molecule has 0 saturated heterocycles. The van der Waals surface area contributed by atoms with Gasteiger partial charge in [0, 0.05) is 70.1 Å². The number of para-hydroxylation sites is 2. The molecule has 6 heteroatoms.